The predicted molar refractivity (Wildman–Crippen MR) is 107 cm³/mol. The quantitative estimate of drug-likeness (QED) is 0.770. The number of hydrogen-bond donors (Lipinski definition) is 1. The van der Waals surface area contributed by atoms with Crippen LogP contribution < -0.4 is 4.90 Å². The van der Waals surface area contributed by atoms with Crippen LogP contribution in [0.15, 0.2) is 54.6 Å². The molecule has 0 amide bonds. The van der Waals surface area contributed by atoms with E-state index in [4.69, 9.17) is 0 Å². The van der Waals surface area contributed by atoms with Crippen molar-refractivity contribution in [3.8, 4) is 0 Å². The van der Waals surface area contributed by atoms with Crippen LogP contribution in [-0.4, -0.2) is 47.1 Å². The zero-order valence-corrected chi connectivity index (χ0v) is 15.4. The fourth-order valence-corrected chi connectivity index (χ4v) is 3.72. The molecule has 0 saturated carbocycles. The van der Waals surface area contributed by atoms with Gasteiger partial charge in [0.25, 0.3) is 0 Å². The van der Waals surface area contributed by atoms with E-state index in [1.807, 2.05) is 13.0 Å². The fraction of sp³-hybridized carbons (Fsp3) is 0.273. The van der Waals surface area contributed by atoms with Gasteiger partial charge in [-0.3, -0.25) is 9.88 Å². The SMILES string of the molecule is Cc1cc(N2CCN(Cc3ccccc3)CC2)c2cc(C(=O)O)ccc2n1. The number of piperazine rings is 1. The maximum Gasteiger partial charge on any atom is 0.335 e. The molecule has 138 valence electrons. The fourth-order valence-electron chi connectivity index (χ4n) is 3.72. The van der Waals surface area contributed by atoms with E-state index in [-0.39, 0.29) is 0 Å². The second kappa shape index (κ2) is 7.37. The van der Waals surface area contributed by atoms with Crippen molar-refractivity contribution in [3.63, 3.8) is 0 Å². The van der Waals surface area contributed by atoms with Crippen LogP contribution in [0.1, 0.15) is 21.6 Å². The van der Waals surface area contributed by atoms with Crippen molar-refractivity contribution in [1.29, 1.82) is 0 Å². The monoisotopic (exact) mass is 361 g/mol. The zero-order valence-electron chi connectivity index (χ0n) is 15.4. The Hall–Kier alpha value is -2.92. The lowest BCUT2D eigenvalue weighted by Gasteiger charge is -2.36. The number of benzene rings is 2. The smallest absolute Gasteiger partial charge is 0.335 e. The third-order valence-corrected chi connectivity index (χ3v) is 5.12. The van der Waals surface area contributed by atoms with Gasteiger partial charge in [-0.2, -0.15) is 0 Å². The number of anilines is 1. The largest absolute Gasteiger partial charge is 0.478 e. The van der Waals surface area contributed by atoms with Crippen LogP contribution in [0.4, 0.5) is 5.69 Å². The first-order valence-electron chi connectivity index (χ1n) is 9.26. The highest BCUT2D eigenvalue weighted by Crippen LogP contribution is 2.29. The van der Waals surface area contributed by atoms with Crippen molar-refractivity contribution in [2.45, 2.75) is 13.5 Å². The topological polar surface area (TPSA) is 56.7 Å². The van der Waals surface area contributed by atoms with Gasteiger partial charge in [0.15, 0.2) is 0 Å². The van der Waals surface area contributed by atoms with Gasteiger partial charge in [-0.15, -0.1) is 0 Å². The van der Waals surface area contributed by atoms with E-state index in [1.54, 1.807) is 18.2 Å². The molecule has 0 unspecified atom stereocenters. The van der Waals surface area contributed by atoms with Crippen LogP contribution >= 0.6 is 0 Å². The van der Waals surface area contributed by atoms with E-state index >= 15 is 0 Å². The summed E-state index contributed by atoms with van der Waals surface area (Å²) in [5.41, 5.74) is 4.52. The van der Waals surface area contributed by atoms with Gasteiger partial charge in [0.1, 0.15) is 0 Å². The van der Waals surface area contributed by atoms with E-state index in [1.165, 1.54) is 5.56 Å². The van der Waals surface area contributed by atoms with E-state index < -0.39 is 5.97 Å². The Morgan fingerprint density at radius 2 is 1.78 bits per heavy atom. The van der Waals surface area contributed by atoms with Crippen molar-refractivity contribution in [2.24, 2.45) is 0 Å². The van der Waals surface area contributed by atoms with Crippen molar-refractivity contribution in [1.82, 2.24) is 9.88 Å². The molecule has 27 heavy (non-hydrogen) atoms. The molecule has 5 nitrogen and oxygen atoms in total. The Morgan fingerprint density at radius 3 is 2.48 bits per heavy atom. The number of rotatable bonds is 4. The lowest BCUT2D eigenvalue weighted by atomic mass is 10.1. The molecule has 0 spiro atoms. The first-order chi connectivity index (χ1) is 13.1. The molecule has 5 heteroatoms. The molecule has 4 rings (SSSR count). The molecule has 1 aromatic heterocycles. The molecular formula is C22H23N3O2. The maximum absolute atomic E-state index is 11.4. The highest BCUT2D eigenvalue weighted by Gasteiger charge is 2.20. The summed E-state index contributed by atoms with van der Waals surface area (Å²) in [5.74, 6) is -0.906. The Balaban J connectivity index is 1.56. The van der Waals surface area contributed by atoms with Crippen molar-refractivity contribution >= 4 is 22.6 Å². The highest BCUT2D eigenvalue weighted by molar-refractivity contribution is 5.98. The normalized spacial score (nSPS) is 15.2. The number of aromatic nitrogens is 1. The average molecular weight is 361 g/mol. The van der Waals surface area contributed by atoms with Crippen molar-refractivity contribution in [2.75, 3.05) is 31.1 Å². The molecular weight excluding hydrogens is 338 g/mol. The molecule has 0 atom stereocenters. The van der Waals surface area contributed by atoms with Crippen LogP contribution in [0.2, 0.25) is 0 Å². The van der Waals surface area contributed by atoms with Gasteiger partial charge in [0.05, 0.1) is 11.1 Å². The molecule has 2 aromatic carbocycles. The number of fused-ring (bicyclic) bond motifs is 1. The zero-order chi connectivity index (χ0) is 18.8. The standard InChI is InChI=1S/C22H23N3O2/c1-16-13-21(19-14-18(22(26)27)7-8-20(19)23-16)25-11-9-24(10-12-25)15-17-5-3-2-4-6-17/h2-8,13-14H,9-12,15H2,1H3,(H,26,27). The van der Waals surface area contributed by atoms with Crippen LogP contribution in [-0.2, 0) is 6.54 Å². The summed E-state index contributed by atoms with van der Waals surface area (Å²) < 4.78 is 0. The Kier molecular flexibility index (Phi) is 4.77. The molecule has 1 fully saturated rings. The van der Waals surface area contributed by atoms with Gasteiger partial charge in [0, 0.05) is 49.5 Å². The van der Waals surface area contributed by atoms with Gasteiger partial charge < -0.3 is 10.0 Å². The van der Waals surface area contributed by atoms with Crippen LogP contribution in [0.25, 0.3) is 10.9 Å². The number of aryl methyl sites for hydroxylation is 1. The summed E-state index contributed by atoms with van der Waals surface area (Å²) in [4.78, 5) is 20.8. The summed E-state index contributed by atoms with van der Waals surface area (Å²) in [6.07, 6.45) is 0. The number of nitrogens with zero attached hydrogens (tertiary/aromatic N) is 3. The second-order valence-corrected chi connectivity index (χ2v) is 7.07. The van der Waals surface area contributed by atoms with Gasteiger partial charge in [-0.05, 0) is 36.8 Å². The lowest BCUT2D eigenvalue weighted by molar-refractivity contribution is 0.0697. The molecule has 0 bridgehead atoms. The lowest BCUT2D eigenvalue weighted by Crippen LogP contribution is -2.46. The minimum absolute atomic E-state index is 0.303. The summed E-state index contributed by atoms with van der Waals surface area (Å²) in [6, 6.07) is 17.8. The molecule has 3 aromatic rings. The summed E-state index contributed by atoms with van der Waals surface area (Å²) in [5, 5.41) is 10.2. The minimum atomic E-state index is -0.906. The summed E-state index contributed by atoms with van der Waals surface area (Å²) in [7, 11) is 0. The molecule has 0 radical (unpaired) electrons. The third-order valence-electron chi connectivity index (χ3n) is 5.12. The molecule has 2 heterocycles. The number of carboxylic acids is 1. The number of carbonyl (C=O) groups is 1. The maximum atomic E-state index is 11.4. The Bertz CT molecular complexity index is 964. The van der Waals surface area contributed by atoms with Crippen molar-refractivity contribution in [3.05, 3.63) is 71.4 Å². The minimum Gasteiger partial charge on any atom is -0.478 e. The molecule has 1 aliphatic rings. The highest BCUT2D eigenvalue weighted by atomic mass is 16.4. The van der Waals surface area contributed by atoms with Gasteiger partial charge in [-0.1, -0.05) is 30.3 Å². The van der Waals surface area contributed by atoms with Crippen molar-refractivity contribution < 1.29 is 9.90 Å². The molecule has 0 aliphatic carbocycles. The van der Waals surface area contributed by atoms with Gasteiger partial charge in [0.2, 0.25) is 0 Å². The first kappa shape index (κ1) is 17.5. The Morgan fingerprint density at radius 1 is 1.04 bits per heavy atom. The molecule has 1 N–H and O–H groups in total. The number of aromatic carboxylic acids is 1. The van der Waals surface area contributed by atoms with Crippen LogP contribution in [0.5, 0.6) is 0 Å². The second-order valence-electron chi connectivity index (χ2n) is 7.07. The van der Waals surface area contributed by atoms with E-state index in [0.717, 1.165) is 55.0 Å². The predicted octanol–water partition coefficient (Wildman–Crippen LogP) is 3.56. The third kappa shape index (κ3) is 3.78. The summed E-state index contributed by atoms with van der Waals surface area (Å²) in [6.45, 7) is 6.76. The summed E-state index contributed by atoms with van der Waals surface area (Å²) >= 11 is 0. The van der Waals surface area contributed by atoms with Gasteiger partial charge >= 0.3 is 5.97 Å². The average Bonchev–Trinajstić information content (AvgIpc) is 2.68. The number of carboxylic acid groups (broad SMARTS) is 1. The first-order valence-corrected chi connectivity index (χ1v) is 9.26. The van der Waals surface area contributed by atoms with Gasteiger partial charge in [-0.25, -0.2) is 4.79 Å². The van der Waals surface area contributed by atoms with Crippen LogP contribution in [0, 0.1) is 6.92 Å². The molecule has 1 saturated heterocycles. The van der Waals surface area contributed by atoms with E-state index in [0.29, 0.717) is 5.56 Å². The van der Waals surface area contributed by atoms with Crippen LogP contribution in [0.3, 0.4) is 0 Å². The Labute approximate surface area is 158 Å². The van der Waals surface area contributed by atoms with E-state index in [9.17, 15) is 9.90 Å². The molecule has 1 aliphatic heterocycles. The number of pyridine rings is 1. The number of hydrogen-bond acceptors (Lipinski definition) is 4. The van der Waals surface area contributed by atoms with E-state index in [2.05, 4.69) is 45.1 Å².